The van der Waals surface area contributed by atoms with Crippen molar-refractivity contribution in [3.05, 3.63) is 82.5 Å². The molecule has 3 rings (SSSR count). The van der Waals surface area contributed by atoms with Crippen LogP contribution in [0.3, 0.4) is 0 Å². The first-order chi connectivity index (χ1) is 12.1. The average Bonchev–Trinajstić information content (AvgIpc) is 2.63. The number of hydrogen-bond acceptors (Lipinski definition) is 4. The van der Waals surface area contributed by atoms with Gasteiger partial charge in [-0.1, -0.05) is 52.3 Å². The Morgan fingerprint density at radius 2 is 1.80 bits per heavy atom. The second-order valence-electron chi connectivity index (χ2n) is 5.54. The molecule has 0 radical (unpaired) electrons. The highest BCUT2D eigenvalue weighted by molar-refractivity contribution is 9.10. The summed E-state index contributed by atoms with van der Waals surface area (Å²) in [5.41, 5.74) is 2.21. The van der Waals surface area contributed by atoms with E-state index < -0.39 is 0 Å². The van der Waals surface area contributed by atoms with Crippen LogP contribution in [0.2, 0.25) is 0 Å². The van der Waals surface area contributed by atoms with E-state index in [0.717, 1.165) is 15.7 Å². The van der Waals surface area contributed by atoms with Crippen molar-refractivity contribution in [2.45, 2.75) is 13.0 Å². The Labute approximate surface area is 154 Å². The maximum atomic E-state index is 12.3. The van der Waals surface area contributed by atoms with Gasteiger partial charge in [0.05, 0.1) is 6.04 Å². The highest BCUT2D eigenvalue weighted by atomic mass is 79.9. The molecule has 1 aromatic heterocycles. The molecule has 1 amide bonds. The van der Waals surface area contributed by atoms with Crippen LogP contribution in [0.4, 0.5) is 11.5 Å². The van der Waals surface area contributed by atoms with Crippen LogP contribution in [0.25, 0.3) is 0 Å². The standard InChI is InChI=1S/C19H17BrN4O/c1-13(14-6-3-2-4-7-14)21-19(25)17-10-11-18(24-23-17)22-16-9-5-8-15(20)12-16/h2-13H,1H3,(H,21,25)(H,22,24). The second kappa shape index (κ2) is 7.90. The van der Waals surface area contributed by atoms with Crippen molar-refractivity contribution < 1.29 is 4.79 Å². The van der Waals surface area contributed by atoms with E-state index in [1.165, 1.54) is 0 Å². The number of carbonyl (C=O) groups is 1. The minimum absolute atomic E-state index is 0.102. The molecular weight excluding hydrogens is 380 g/mol. The summed E-state index contributed by atoms with van der Waals surface area (Å²) in [4.78, 5) is 12.3. The predicted molar refractivity (Wildman–Crippen MR) is 102 cm³/mol. The molecule has 0 aliphatic carbocycles. The fraction of sp³-hybridized carbons (Fsp3) is 0.105. The first-order valence-electron chi connectivity index (χ1n) is 7.84. The summed E-state index contributed by atoms with van der Waals surface area (Å²) in [7, 11) is 0. The van der Waals surface area contributed by atoms with Gasteiger partial charge in [0.1, 0.15) is 0 Å². The van der Waals surface area contributed by atoms with Crippen molar-refractivity contribution in [2.75, 3.05) is 5.32 Å². The van der Waals surface area contributed by atoms with E-state index in [-0.39, 0.29) is 17.6 Å². The molecule has 2 N–H and O–H groups in total. The van der Waals surface area contributed by atoms with E-state index in [1.807, 2.05) is 61.5 Å². The van der Waals surface area contributed by atoms with E-state index >= 15 is 0 Å². The molecule has 0 fully saturated rings. The third-order valence-electron chi connectivity index (χ3n) is 3.64. The molecule has 0 spiro atoms. The first kappa shape index (κ1) is 17.1. The normalized spacial score (nSPS) is 11.6. The molecule has 6 heteroatoms. The van der Waals surface area contributed by atoms with Crippen molar-refractivity contribution in [3.63, 3.8) is 0 Å². The lowest BCUT2D eigenvalue weighted by Gasteiger charge is -2.13. The van der Waals surface area contributed by atoms with Gasteiger partial charge in [-0.2, -0.15) is 0 Å². The van der Waals surface area contributed by atoms with Crippen molar-refractivity contribution in [3.8, 4) is 0 Å². The van der Waals surface area contributed by atoms with E-state index in [0.29, 0.717) is 5.82 Å². The Morgan fingerprint density at radius 3 is 2.48 bits per heavy atom. The van der Waals surface area contributed by atoms with E-state index in [2.05, 4.69) is 36.8 Å². The van der Waals surface area contributed by atoms with Gasteiger partial charge in [0.25, 0.3) is 5.91 Å². The molecule has 0 aliphatic heterocycles. The van der Waals surface area contributed by atoms with Gasteiger partial charge >= 0.3 is 0 Å². The molecule has 0 bridgehead atoms. The number of hydrogen-bond donors (Lipinski definition) is 2. The zero-order valence-electron chi connectivity index (χ0n) is 13.6. The molecule has 1 heterocycles. The summed E-state index contributed by atoms with van der Waals surface area (Å²) in [6, 6.07) is 20.8. The summed E-state index contributed by atoms with van der Waals surface area (Å²) in [6.07, 6.45) is 0. The predicted octanol–water partition coefficient (Wildman–Crippen LogP) is 4.47. The fourth-order valence-electron chi connectivity index (χ4n) is 2.33. The molecule has 0 saturated carbocycles. The number of nitrogens with one attached hydrogen (secondary N) is 2. The first-order valence-corrected chi connectivity index (χ1v) is 8.63. The molecule has 0 saturated heterocycles. The molecule has 5 nitrogen and oxygen atoms in total. The van der Waals surface area contributed by atoms with Crippen LogP contribution >= 0.6 is 15.9 Å². The summed E-state index contributed by atoms with van der Waals surface area (Å²) >= 11 is 3.42. The highest BCUT2D eigenvalue weighted by Crippen LogP contribution is 2.19. The SMILES string of the molecule is CC(NC(=O)c1ccc(Nc2cccc(Br)c2)nn1)c1ccccc1. The Hall–Kier alpha value is -2.73. The van der Waals surface area contributed by atoms with Gasteiger partial charge in [0, 0.05) is 10.2 Å². The topological polar surface area (TPSA) is 66.9 Å². The molecule has 25 heavy (non-hydrogen) atoms. The van der Waals surface area contributed by atoms with E-state index in [9.17, 15) is 4.79 Å². The van der Waals surface area contributed by atoms with Gasteiger partial charge in [0.2, 0.25) is 0 Å². The number of amides is 1. The second-order valence-corrected chi connectivity index (χ2v) is 6.46. The summed E-state index contributed by atoms with van der Waals surface area (Å²) in [5.74, 6) is 0.323. The largest absolute Gasteiger partial charge is 0.344 e. The Bertz CT molecular complexity index is 853. The molecule has 2 aromatic carbocycles. The van der Waals surface area contributed by atoms with Crippen molar-refractivity contribution >= 4 is 33.3 Å². The lowest BCUT2D eigenvalue weighted by molar-refractivity contribution is 0.0934. The zero-order valence-corrected chi connectivity index (χ0v) is 15.2. The Balaban J connectivity index is 1.64. The number of nitrogens with zero attached hydrogens (tertiary/aromatic N) is 2. The molecule has 1 atom stereocenters. The number of anilines is 2. The van der Waals surface area contributed by atoms with Gasteiger partial charge in [-0.3, -0.25) is 4.79 Å². The molecule has 0 aliphatic rings. The lowest BCUT2D eigenvalue weighted by Crippen LogP contribution is -2.27. The number of benzene rings is 2. The third-order valence-corrected chi connectivity index (χ3v) is 4.13. The van der Waals surface area contributed by atoms with Gasteiger partial charge in [-0.25, -0.2) is 0 Å². The van der Waals surface area contributed by atoms with Gasteiger partial charge in [0.15, 0.2) is 11.5 Å². The van der Waals surface area contributed by atoms with Crippen LogP contribution < -0.4 is 10.6 Å². The minimum atomic E-state index is -0.252. The van der Waals surface area contributed by atoms with Crippen LogP contribution in [0.5, 0.6) is 0 Å². The van der Waals surface area contributed by atoms with Crippen LogP contribution in [0.15, 0.2) is 71.2 Å². The van der Waals surface area contributed by atoms with Crippen molar-refractivity contribution in [1.82, 2.24) is 15.5 Å². The quantitative estimate of drug-likeness (QED) is 0.667. The molecule has 1 unspecified atom stereocenters. The summed E-state index contributed by atoms with van der Waals surface area (Å²) in [6.45, 7) is 1.93. The number of rotatable bonds is 5. The van der Waals surface area contributed by atoms with Gasteiger partial charge in [-0.15, -0.1) is 10.2 Å². The van der Waals surface area contributed by atoms with Gasteiger partial charge < -0.3 is 10.6 Å². The maximum Gasteiger partial charge on any atom is 0.272 e. The Morgan fingerprint density at radius 1 is 1.00 bits per heavy atom. The highest BCUT2D eigenvalue weighted by Gasteiger charge is 2.13. The number of carbonyl (C=O) groups excluding carboxylic acids is 1. The maximum absolute atomic E-state index is 12.3. The van der Waals surface area contributed by atoms with Crippen LogP contribution in [-0.2, 0) is 0 Å². The number of halogens is 1. The molecular formula is C19H17BrN4O. The zero-order chi connectivity index (χ0) is 17.6. The van der Waals surface area contributed by atoms with Crippen molar-refractivity contribution in [2.24, 2.45) is 0 Å². The summed E-state index contributed by atoms with van der Waals surface area (Å²) < 4.78 is 0.969. The van der Waals surface area contributed by atoms with E-state index in [4.69, 9.17) is 0 Å². The van der Waals surface area contributed by atoms with Gasteiger partial charge in [-0.05, 0) is 42.8 Å². The van der Waals surface area contributed by atoms with Crippen LogP contribution in [0.1, 0.15) is 29.0 Å². The average molecular weight is 397 g/mol. The minimum Gasteiger partial charge on any atom is -0.344 e. The van der Waals surface area contributed by atoms with E-state index in [1.54, 1.807) is 12.1 Å². The Kier molecular flexibility index (Phi) is 5.40. The monoisotopic (exact) mass is 396 g/mol. The lowest BCUT2D eigenvalue weighted by atomic mass is 10.1. The smallest absolute Gasteiger partial charge is 0.272 e. The fourth-order valence-corrected chi connectivity index (χ4v) is 2.73. The third kappa shape index (κ3) is 4.64. The molecule has 126 valence electrons. The number of aromatic nitrogens is 2. The van der Waals surface area contributed by atoms with Crippen molar-refractivity contribution in [1.29, 1.82) is 0 Å². The van der Waals surface area contributed by atoms with Crippen LogP contribution in [-0.4, -0.2) is 16.1 Å². The molecule has 3 aromatic rings. The summed E-state index contributed by atoms with van der Waals surface area (Å²) in [5, 5.41) is 14.1. The van der Waals surface area contributed by atoms with Crippen LogP contribution in [0, 0.1) is 0 Å².